The van der Waals surface area contributed by atoms with Crippen molar-refractivity contribution in [2.45, 2.75) is 20.1 Å². The van der Waals surface area contributed by atoms with E-state index in [2.05, 4.69) is 10.1 Å². The zero-order chi connectivity index (χ0) is 21.0. The van der Waals surface area contributed by atoms with Gasteiger partial charge in [0.2, 0.25) is 0 Å². The SMILES string of the molecule is Cc1ccc(NC(=O)c2ccc(COc3cccc(Cl)c3Cl)o2)c(OC(F)F)c1. The lowest BCUT2D eigenvalue weighted by atomic mass is 10.2. The van der Waals surface area contributed by atoms with Gasteiger partial charge in [0.15, 0.2) is 5.76 Å². The predicted molar refractivity (Wildman–Crippen MR) is 105 cm³/mol. The number of nitrogens with one attached hydrogen (secondary N) is 1. The number of hydrogen-bond acceptors (Lipinski definition) is 4. The highest BCUT2D eigenvalue weighted by Crippen LogP contribution is 2.32. The first-order valence-corrected chi connectivity index (χ1v) is 9.11. The van der Waals surface area contributed by atoms with Gasteiger partial charge in [-0.15, -0.1) is 0 Å². The summed E-state index contributed by atoms with van der Waals surface area (Å²) < 4.78 is 40.6. The molecule has 0 spiro atoms. The number of halogens is 4. The summed E-state index contributed by atoms with van der Waals surface area (Å²) in [5.74, 6) is -0.0578. The van der Waals surface area contributed by atoms with E-state index in [0.29, 0.717) is 22.1 Å². The Kier molecular flexibility index (Phi) is 6.61. The van der Waals surface area contributed by atoms with Crippen LogP contribution in [0.4, 0.5) is 14.5 Å². The van der Waals surface area contributed by atoms with Crippen molar-refractivity contribution in [2.24, 2.45) is 0 Å². The molecule has 0 radical (unpaired) electrons. The van der Waals surface area contributed by atoms with Crippen LogP contribution < -0.4 is 14.8 Å². The van der Waals surface area contributed by atoms with Crippen LogP contribution in [0.15, 0.2) is 52.9 Å². The van der Waals surface area contributed by atoms with Gasteiger partial charge in [0, 0.05) is 0 Å². The minimum absolute atomic E-state index is 0.0115. The predicted octanol–water partition coefficient (Wildman–Crippen LogP) is 6.33. The third-order valence-electron chi connectivity index (χ3n) is 3.77. The Balaban J connectivity index is 1.67. The van der Waals surface area contributed by atoms with Crippen LogP contribution in [0.25, 0.3) is 0 Å². The van der Waals surface area contributed by atoms with Crippen molar-refractivity contribution >= 4 is 34.8 Å². The number of aryl methyl sites for hydroxylation is 1. The van der Waals surface area contributed by atoms with Crippen LogP contribution in [0, 0.1) is 6.92 Å². The Labute approximate surface area is 175 Å². The summed E-state index contributed by atoms with van der Waals surface area (Å²) in [6.07, 6.45) is 0. The molecule has 3 aromatic rings. The third kappa shape index (κ3) is 5.40. The van der Waals surface area contributed by atoms with Crippen molar-refractivity contribution in [3.05, 3.63) is 75.7 Å². The molecular formula is C20H15Cl2F2NO4. The van der Waals surface area contributed by atoms with E-state index in [1.165, 1.54) is 18.2 Å². The van der Waals surface area contributed by atoms with Gasteiger partial charge in [-0.05, 0) is 48.9 Å². The van der Waals surface area contributed by atoms with Gasteiger partial charge in [0.25, 0.3) is 5.91 Å². The number of carbonyl (C=O) groups excluding carboxylic acids is 1. The van der Waals surface area contributed by atoms with Gasteiger partial charge in [-0.25, -0.2) is 0 Å². The molecule has 0 atom stereocenters. The van der Waals surface area contributed by atoms with E-state index in [4.69, 9.17) is 32.4 Å². The van der Waals surface area contributed by atoms with Gasteiger partial charge in [0.05, 0.1) is 10.7 Å². The Hall–Kier alpha value is -2.77. The first-order chi connectivity index (χ1) is 13.8. The second-order valence-electron chi connectivity index (χ2n) is 5.94. The molecule has 1 aromatic heterocycles. The molecule has 0 saturated heterocycles. The summed E-state index contributed by atoms with van der Waals surface area (Å²) in [6.45, 7) is -1.29. The molecule has 0 aliphatic heterocycles. The maximum absolute atomic E-state index is 12.6. The molecule has 0 unspecified atom stereocenters. The molecule has 0 bridgehead atoms. The molecular weight excluding hydrogens is 427 g/mol. The third-order valence-corrected chi connectivity index (χ3v) is 4.57. The van der Waals surface area contributed by atoms with E-state index in [-0.39, 0.29) is 28.8 Å². The number of amides is 1. The first kappa shape index (κ1) is 21.0. The number of rotatable bonds is 7. The van der Waals surface area contributed by atoms with E-state index in [0.717, 1.165) is 0 Å². The van der Waals surface area contributed by atoms with Crippen molar-refractivity contribution in [3.8, 4) is 11.5 Å². The lowest BCUT2D eigenvalue weighted by molar-refractivity contribution is -0.0494. The molecule has 0 aliphatic rings. The number of furan rings is 1. The molecule has 152 valence electrons. The normalized spacial score (nSPS) is 10.8. The lowest BCUT2D eigenvalue weighted by Gasteiger charge is -2.12. The van der Waals surface area contributed by atoms with Crippen LogP contribution in [-0.2, 0) is 6.61 Å². The van der Waals surface area contributed by atoms with Gasteiger partial charge in [0.1, 0.15) is 28.9 Å². The second-order valence-corrected chi connectivity index (χ2v) is 6.72. The molecule has 0 fully saturated rings. The fourth-order valence-electron chi connectivity index (χ4n) is 2.43. The zero-order valence-corrected chi connectivity index (χ0v) is 16.6. The Morgan fingerprint density at radius 1 is 1.14 bits per heavy atom. The number of alkyl halides is 2. The number of ether oxygens (including phenoxy) is 2. The van der Waals surface area contributed by atoms with Gasteiger partial charge < -0.3 is 19.2 Å². The molecule has 1 amide bonds. The van der Waals surface area contributed by atoms with Crippen LogP contribution in [-0.4, -0.2) is 12.5 Å². The maximum atomic E-state index is 12.6. The first-order valence-electron chi connectivity index (χ1n) is 8.36. The largest absolute Gasteiger partial charge is 0.484 e. The average Bonchev–Trinajstić information content (AvgIpc) is 3.14. The van der Waals surface area contributed by atoms with Crippen molar-refractivity contribution < 1.29 is 27.5 Å². The summed E-state index contributed by atoms with van der Waals surface area (Å²) in [5.41, 5.74) is 0.802. The highest BCUT2D eigenvalue weighted by molar-refractivity contribution is 6.42. The van der Waals surface area contributed by atoms with Gasteiger partial charge >= 0.3 is 6.61 Å². The van der Waals surface area contributed by atoms with Crippen LogP contribution >= 0.6 is 23.2 Å². The van der Waals surface area contributed by atoms with Crippen molar-refractivity contribution in [2.75, 3.05) is 5.32 Å². The minimum Gasteiger partial charge on any atom is -0.484 e. The fourth-order valence-corrected chi connectivity index (χ4v) is 2.78. The fraction of sp³-hybridized carbons (Fsp3) is 0.150. The average molecular weight is 442 g/mol. The Morgan fingerprint density at radius 2 is 1.93 bits per heavy atom. The standard InChI is InChI=1S/C20H15Cl2F2NO4/c1-11-5-7-14(17(9-11)29-20(23)24)25-19(26)16-8-6-12(28-16)10-27-15-4-2-3-13(21)18(15)22/h2-9,20H,10H2,1H3,(H,25,26). The second kappa shape index (κ2) is 9.15. The van der Waals surface area contributed by atoms with E-state index in [9.17, 15) is 13.6 Å². The summed E-state index contributed by atoms with van der Waals surface area (Å²) in [5, 5.41) is 3.11. The summed E-state index contributed by atoms with van der Waals surface area (Å²) in [4.78, 5) is 12.4. The van der Waals surface area contributed by atoms with Crippen LogP contribution in [0.1, 0.15) is 21.9 Å². The zero-order valence-electron chi connectivity index (χ0n) is 15.0. The monoisotopic (exact) mass is 441 g/mol. The summed E-state index contributed by atoms with van der Waals surface area (Å²) in [7, 11) is 0. The van der Waals surface area contributed by atoms with Crippen molar-refractivity contribution in [1.82, 2.24) is 0 Å². The number of benzene rings is 2. The minimum atomic E-state index is -3.02. The molecule has 1 heterocycles. The van der Waals surface area contributed by atoms with E-state index >= 15 is 0 Å². The van der Waals surface area contributed by atoms with E-state index in [1.807, 2.05) is 0 Å². The quantitative estimate of drug-likeness (QED) is 0.465. The molecule has 29 heavy (non-hydrogen) atoms. The summed E-state index contributed by atoms with van der Waals surface area (Å²) >= 11 is 12.0. The molecule has 0 aliphatic carbocycles. The molecule has 9 heteroatoms. The number of anilines is 1. The molecule has 2 aromatic carbocycles. The van der Waals surface area contributed by atoms with Crippen LogP contribution in [0.5, 0.6) is 11.5 Å². The molecule has 5 nitrogen and oxygen atoms in total. The van der Waals surface area contributed by atoms with Gasteiger partial charge in [-0.2, -0.15) is 8.78 Å². The van der Waals surface area contributed by atoms with Gasteiger partial charge in [-0.3, -0.25) is 4.79 Å². The lowest BCUT2D eigenvalue weighted by Crippen LogP contribution is -2.13. The topological polar surface area (TPSA) is 60.7 Å². The number of carbonyl (C=O) groups is 1. The smallest absolute Gasteiger partial charge is 0.387 e. The van der Waals surface area contributed by atoms with E-state index in [1.54, 1.807) is 37.3 Å². The van der Waals surface area contributed by atoms with Crippen molar-refractivity contribution in [1.29, 1.82) is 0 Å². The molecule has 0 saturated carbocycles. The van der Waals surface area contributed by atoms with E-state index < -0.39 is 12.5 Å². The van der Waals surface area contributed by atoms with Crippen molar-refractivity contribution in [3.63, 3.8) is 0 Å². The molecule has 1 N–H and O–H groups in total. The summed E-state index contributed by atoms with van der Waals surface area (Å²) in [6, 6.07) is 12.5. The maximum Gasteiger partial charge on any atom is 0.387 e. The van der Waals surface area contributed by atoms with Crippen LogP contribution in [0.3, 0.4) is 0 Å². The number of hydrogen-bond donors (Lipinski definition) is 1. The van der Waals surface area contributed by atoms with Crippen LogP contribution in [0.2, 0.25) is 10.0 Å². The Morgan fingerprint density at radius 3 is 2.69 bits per heavy atom. The molecule has 3 rings (SSSR count). The highest BCUT2D eigenvalue weighted by Gasteiger charge is 2.16. The Bertz CT molecular complexity index is 1020. The highest BCUT2D eigenvalue weighted by atomic mass is 35.5. The van der Waals surface area contributed by atoms with Gasteiger partial charge in [-0.1, -0.05) is 35.3 Å².